The van der Waals surface area contributed by atoms with E-state index in [2.05, 4.69) is 13.5 Å². The Morgan fingerprint density at radius 2 is 2.38 bits per heavy atom. The van der Waals surface area contributed by atoms with Crippen molar-refractivity contribution in [3.63, 3.8) is 0 Å². The van der Waals surface area contributed by atoms with Crippen molar-refractivity contribution in [2.45, 2.75) is 0 Å². The molecule has 8 heavy (non-hydrogen) atoms. The van der Waals surface area contributed by atoms with E-state index in [9.17, 15) is 0 Å². The van der Waals surface area contributed by atoms with Gasteiger partial charge in [-0.2, -0.15) is 0 Å². The summed E-state index contributed by atoms with van der Waals surface area (Å²) in [5.74, 6) is 0.680. The molecule has 0 spiro atoms. The average molecular weight is 107 g/mol. The van der Waals surface area contributed by atoms with Crippen molar-refractivity contribution >= 4 is 6.08 Å². The molecule has 1 nitrogen and oxygen atoms in total. The zero-order valence-corrected chi connectivity index (χ0v) is 4.55. The number of rotatable bonds is 1. The largest absolute Gasteiger partial charge is 0.469 e. The number of hydrogen-bond acceptors (Lipinski definition) is 1. The summed E-state index contributed by atoms with van der Waals surface area (Å²) in [5, 5.41) is 0. The van der Waals surface area contributed by atoms with Crippen LogP contribution in [0.5, 0.6) is 0 Å². The lowest BCUT2D eigenvalue weighted by Crippen LogP contribution is -1.55. The van der Waals surface area contributed by atoms with E-state index in [1.54, 1.807) is 12.3 Å². The lowest BCUT2D eigenvalue weighted by atomic mass is 10.3. The minimum absolute atomic E-state index is 0.680. The first kappa shape index (κ1) is 5.16. The van der Waals surface area contributed by atoms with Gasteiger partial charge in [-0.3, -0.25) is 0 Å². The van der Waals surface area contributed by atoms with Gasteiger partial charge < -0.3 is 4.42 Å². The van der Waals surface area contributed by atoms with Gasteiger partial charge in [0.1, 0.15) is 5.76 Å². The standard InChI is InChI=1S/C7H7O/c1-3-7-4-6(2)8-5-7/h3-5H,1-2H2. The van der Waals surface area contributed by atoms with Crippen LogP contribution in [0.25, 0.3) is 6.08 Å². The third-order valence-electron chi connectivity index (χ3n) is 0.910. The Morgan fingerprint density at radius 3 is 2.62 bits per heavy atom. The highest BCUT2D eigenvalue weighted by atomic mass is 16.3. The molecule has 1 heterocycles. The van der Waals surface area contributed by atoms with Crippen molar-refractivity contribution in [1.82, 2.24) is 0 Å². The summed E-state index contributed by atoms with van der Waals surface area (Å²) in [5.41, 5.74) is 0.981. The maximum Gasteiger partial charge on any atom is 0.104 e. The second-order valence-electron chi connectivity index (χ2n) is 1.55. The third kappa shape index (κ3) is 0.808. The number of hydrogen-bond donors (Lipinski definition) is 0. The second kappa shape index (κ2) is 1.86. The van der Waals surface area contributed by atoms with Gasteiger partial charge in [0, 0.05) is 12.5 Å². The average Bonchev–Trinajstić information content (AvgIpc) is 2.14. The van der Waals surface area contributed by atoms with Gasteiger partial charge in [-0.25, -0.2) is 0 Å². The van der Waals surface area contributed by atoms with Crippen LogP contribution in [-0.4, -0.2) is 0 Å². The Kier molecular flexibility index (Phi) is 1.20. The molecule has 1 aromatic heterocycles. The summed E-state index contributed by atoms with van der Waals surface area (Å²) >= 11 is 0. The molecule has 0 saturated heterocycles. The first-order valence-corrected chi connectivity index (χ1v) is 2.36. The molecule has 0 fully saturated rings. The van der Waals surface area contributed by atoms with Crippen LogP contribution in [0.15, 0.2) is 23.3 Å². The van der Waals surface area contributed by atoms with Gasteiger partial charge in [-0.15, -0.1) is 0 Å². The normalized spacial score (nSPS) is 9.12. The first-order chi connectivity index (χ1) is 3.83. The summed E-state index contributed by atoms with van der Waals surface area (Å²) in [6.45, 7) is 7.13. The molecule has 1 heteroatoms. The van der Waals surface area contributed by atoms with E-state index in [-0.39, 0.29) is 0 Å². The van der Waals surface area contributed by atoms with E-state index in [0.29, 0.717) is 5.76 Å². The Hall–Kier alpha value is -0.980. The topological polar surface area (TPSA) is 13.1 Å². The molecule has 0 atom stereocenters. The monoisotopic (exact) mass is 107 g/mol. The Morgan fingerprint density at radius 1 is 1.62 bits per heavy atom. The van der Waals surface area contributed by atoms with Gasteiger partial charge in [0.15, 0.2) is 0 Å². The second-order valence-corrected chi connectivity index (χ2v) is 1.55. The summed E-state index contributed by atoms with van der Waals surface area (Å²) < 4.78 is 4.87. The Bertz CT molecular complexity index is 186. The van der Waals surface area contributed by atoms with Gasteiger partial charge in [0.2, 0.25) is 0 Å². The molecule has 0 amide bonds. The summed E-state index contributed by atoms with van der Waals surface area (Å²) in [4.78, 5) is 0. The molecule has 1 aromatic rings. The van der Waals surface area contributed by atoms with Crippen molar-refractivity contribution in [2.24, 2.45) is 0 Å². The smallest absolute Gasteiger partial charge is 0.104 e. The molecule has 0 aliphatic carbocycles. The van der Waals surface area contributed by atoms with Crippen LogP contribution in [0, 0.1) is 6.92 Å². The maximum absolute atomic E-state index is 4.87. The van der Waals surface area contributed by atoms with Crippen molar-refractivity contribution in [3.8, 4) is 0 Å². The van der Waals surface area contributed by atoms with Crippen LogP contribution < -0.4 is 0 Å². The molecule has 0 aliphatic heterocycles. The van der Waals surface area contributed by atoms with E-state index in [1.807, 2.05) is 6.07 Å². The molecular weight excluding hydrogens is 100 g/mol. The molecule has 0 aromatic carbocycles. The highest BCUT2D eigenvalue weighted by Crippen LogP contribution is 2.05. The zero-order chi connectivity index (χ0) is 5.98. The molecule has 0 aliphatic rings. The fourth-order valence-electron chi connectivity index (χ4n) is 0.505. The van der Waals surface area contributed by atoms with Crippen LogP contribution in [0.3, 0.4) is 0 Å². The zero-order valence-electron chi connectivity index (χ0n) is 4.55. The molecule has 0 N–H and O–H groups in total. The molecule has 0 saturated carbocycles. The van der Waals surface area contributed by atoms with Crippen molar-refractivity contribution < 1.29 is 4.42 Å². The molecule has 1 rings (SSSR count). The number of furan rings is 1. The molecule has 41 valence electrons. The minimum Gasteiger partial charge on any atom is -0.469 e. The predicted octanol–water partition coefficient (Wildman–Crippen LogP) is 2.10. The van der Waals surface area contributed by atoms with Crippen LogP contribution in [0.1, 0.15) is 11.3 Å². The van der Waals surface area contributed by atoms with E-state index in [4.69, 9.17) is 4.42 Å². The van der Waals surface area contributed by atoms with Gasteiger partial charge in [-0.1, -0.05) is 12.7 Å². The lowest BCUT2D eigenvalue weighted by molar-refractivity contribution is 0.548. The molecular formula is C7H7O. The van der Waals surface area contributed by atoms with Gasteiger partial charge in [0.25, 0.3) is 0 Å². The van der Waals surface area contributed by atoms with Crippen LogP contribution in [-0.2, 0) is 0 Å². The van der Waals surface area contributed by atoms with E-state index in [1.165, 1.54) is 0 Å². The van der Waals surface area contributed by atoms with Gasteiger partial charge in [0.05, 0.1) is 6.26 Å². The fraction of sp³-hybridized carbons (Fsp3) is 0. The maximum atomic E-state index is 4.87. The SMILES string of the molecule is [CH2]c1cc(C=C)co1. The lowest BCUT2D eigenvalue weighted by Gasteiger charge is -1.70. The minimum atomic E-state index is 0.680. The Balaban J connectivity index is 3.00. The molecule has 1 radical (unpaired) electrons. The molecule has 0 unspecified atom stereocenters. The molecule has 0 bridgehead atoms. The summed E-state index contributed by atoms with van der Waals surface area (Å²) in [6, 6.07) is 1.83. The first-order valence-electron chi connectivity index (χ1n) is 2.36. The summed E-state index contributed by atoms with van der Waals surface area (Å²) in [7, 11) is 0. The predicted molar refractivity (Wildman–Crippen MR) is 33.3 cm³/mol. The van der Waals surface area contributed by atoms with Crippen LogP contribution in [0.4, 0.5) is 0 Å². The summed E-state index contributed by atoms with van der Waals surface area (Å²) in [6.07, 6.45) is 3.34. The van der Waals surface area contributed by atoms with Gasteiger partial charge >= 0.3 is 0 Å². The van der Waals surface area contributed by atoms with Crippen molar-refractivity contribution in [3.05, 3.63) is 37.2 Å². The van der Waals surface area contributed by atoms with Crippen molar-refractivity contribution in [2.75, 3.05) is 0 Å². The third-order valence-corrected chi connectivity index (χ3v) is 0.910. The Labute approximate surface area is 48.6 Å². The van der Waals surface area contributed by atoms with E-state index >= 15 is 0 Å². The van der Waals surface area contributed by atoms with Crippen LogP contribution in [0.2, 0.25) is 0 Å². The van der Waals surface area contributed by atoms with E-state index < -0.39 is 0 Å². The van der Waals surface area contributed by atoms with Crippen LogP contribution >= 0.6 is 0 Å². The highest BCUT2D eigenvalue weighted by Gasteiger charge is 1.88. The van der Waals surface area contributed by atoms with E-state index in [0.717, 1.165) is 5.56 Å². The van der Waals surface area contributed by atoms with Crippen molar-refractivity contribution in [1.29, 1.82) is 0 Å². The van der Waals surface area contributed by atoms with Gasteiger partial charge in [-0.05, 0) is 6.07 Å². The highest BCUT2D eigenvalue weighted by molar-refractivity contribution is 5.45. The fourth-order valence-corrected chi connectivity index (χ4v) is 0.505. The quantitative estimate of drug-likeness (QED) is 0.535.